The van der Waals surface area contributed by atoms with Gasteiger partial charge in [0.05, 0.1) is 11.9 Å². The Morgan fingerprint density at radius 3 is 1.93 bits per heavy atom. The van der Waals surface area contributed by atoms with Gasteiger partial charge in [-0.15, -0.1) is 0 Å². The highest BCUT2D eigenvalue weighted by Gasteiger charge is 2.08. The van der Waals surface area contributed by atoms with Crippen LogP contribution in [0.3, 0.4) is 0 Å². The minimum atomic E-state index is -0.254. The van der Waals surface area contributed by atoms with E-state index >= 15 is 0 Å². The Morgan fingerprint density at radius 1 is 0.750 bits per heavy atom. The fraction of sp³-hybridized carbons (Fsp3) is 0.136. The van der Waals surface area contributed by atoms with E-state index in [1.54, 1.807) is 18.3 Å². The number of rotatable bonds is 5. The number of amides is 2. The van der Waals surface area contributed by atoms with Crippen LogP contribution in [0.25, 0.3) is 0 Å². The lowest BCUT2D eigenvalue weighted by Crippen LogP contribution is -2.13. The van der Waals surface area contributed by atoms with Gasteiger partial charge in [-0.05, 0) is 73.5 Å². The molecule has 0 bridgehead atoms. The molecule has 2 amide bonds. The number of carbonyl (C=O) groups is 2. The van der Waals surface area contributed by atoms with Gasteiger partial charge in [-0.25, -0.2) is 4.98 Å². The second-order valence-electron chi connectivity index (χ2n) is 6.65. The smallest absolute Gasteiger partial charge is 0.274 e. The summed E-state index contributed by atoms with van der Waals surface area (Å²) in [6.45, 7) is 5.45. The molecule has 1 aromatic heterocycles. The Morgan fingerprint density at radius 2 is 1.36 bits per heavy atom. The maximum Gasteiger partial charge on any atom is 0.274 e. The van der Waals surface area contributed by atoms with Crippen LogP contribution in [-0.2, 0) is 4.79 Å². The Kier molecular flexibility index (Phi) is 5.69. The van der Waals surface area contributed by atoms with Crippen LogP contribution in [-0.4, -0.2) is 16.8 Å². The van der Waals surface area contributed by atoms with Gasteiger partial charge >= 0.3 is 0 Å². The zero-order valence-electron chi connectivity index (χ0n) is 16.0. The predicted octanol–water partition coefficient (Wildman–Crippen LogP) is 4.65. The lowest BCUT2D eigenvalue weighted by molar-refractivity contribution is -0.114. The summed E-state index contributed by atoms with van der Waals surface area (Å²) >= 11 is 0. The maximum absolute atomic E-state index is 12.4. The van der Waals surface area contributed by atoms with Crippen molar-refractivity contribution in [3.8, 4) is 0 Å². The first-order chi connectivity index (χ1) is 13.4. The normalized spacial score (nSPS) is 10.2. The summed E-state index contributed by atoms with van der Waals surface area (Å²) in [4.78, 5) is 27.7. The molecule has 0 fully saturated rings. The summed E-state index contributed by atoms with van der Waals surface area (Å²) in [7, 11) is 0. The number of aryl methyl sites for hydroxylation is 2. The minimum absolute atomic E-state index is 0.111. The van der Waals surface area contributed by atoms with Gasteiger partial charge in [0.15, 0.2) is 0 Å². The average molecular weight is 374 g/mol. The summed E-state index contributed by atoms with van der Waals surface area (Å²) in [5, 5.41) is 8.80. The van der Waals surface area contributed by atoms with Crippen molar-refractivity contribution in [2.24, 2.45) is 0 Å². The highest BCUT2D eigenvalue weighted by molar-refractivity contribution is 6.03. The van der Waals surface area contributed by atoms with Gasteiger partial charge in [-0.1, -0.05) is 6.07 Å². The standard InChI is InChI=1S/C22H22N4O2/c1-14-10-15(2)12-20(11-14)26-22(28)21-9-8-19(13-23-21)25-18-6-4-17(5-7-18)24-16(3)27/h4-13,25H,1-3H3,(H,24,27)(H,26,28). The van der Waals surface area contributed by atoms with E-state index in [0.717, 1.165) is 33.9 Å². The summed E-state index contributed by atoms with van der Waals surface area (Å²) in [5.74, 6) is -0.365. The highest BCUT2D eigenvalue weighted by atomic mass is 16.2. The van der Waals surface area contributed by atoms with Crippen LogP contribution in [0.2, 0.25) is 0 Å². The number of anilines is 4. The molecule has 0 saturated heterocycles. The second kappa shape index (κ2) is 8.35. The van der Waals surface area contributed by atoms with Crippen molar-refractivity contribution in [2.45, 2.75) is 20.8 Å². The topological polar surface area (TPSA) is 83.1 Å². The number of aromatic nitrogens is 1. The third kappa shape index (κ3) is 5.17. The number of pyridine rings is 1. The van der Waals surface area contributed by atoms with E-state index in [2.05, 4.69) is 27.0 Å². The third-order valence-electron chi connectivity index (χ3n) is 3.97. The average Bonchev–Trinajstić information content (AvgIpc) is 2.62. The minimum Gasteiger partial charge on any atom is -0.354 e. The van der Waals surface area contributed by atoms with Gasteiger partial charge in [-0.2, -0.15) is 0 Å². The Hall–Kier alpha value is -3.67. The molecule has 0 aliphatic heterocycles. The Bertz CT molecular complexity index is 976. The molecule has 6 heteroatoms. The second-order valence-corrected chi connectivity index (χ2v) is 6.65. The summed E-state index contributed by atoms with van der Waals surface area (Å²) in [5.41, 5.74) is 5.62. The molecule has 1 heterocycles. The first kappa shape index (κ1) is 19.1. The fourth-order valence-corrected chi connectivity index (χ4v) is 2.85. The molecular formula is C22H22N4O2. The van der Waals surface area contributed by atoms with Crippen molar-refractivity contribution in [2.75, 3.05) is 16.0 Å². The van der Waals surface area contributed by atoms with E-state index < -0.39 is 0 Å². The molecule has 0 spiro atoms. The van der Waals surface area contributed by atoms with Crippen molar-refractivity contribution in [3.63, 3.8) is 0 Å². The van der Waals surface area contributed by atoms with Crippen LogP contribution in [0.1, 0.15) is 28.5 Å². The molecule has 6 nitrogen and oxygen atoms in total. The fourth-order valence-electron chi connectivity index (χ4n) is 2.85. The van der Waals surface area contributed by atoms with Crippen molar-refractivity contribution in [3.05, 3.63) is 77.6 Å². The van der Waals surface area contributed by atoms with E-state index in [0.29, 0.717) is 5.69 Å². The van der Waals surface area contributed by atoms with Gasteiger partial charge in [0, 0.05) is 24.0 Å². The monoisotopic (exact) mass is 374 g/mol. The summed E-state index contributed by atoms with van der Waals surface area (Å²) < 4.78 is 0. The highest BCUT2D eigenvalue weighted by Crippen LogP contribution is 2.19. The SMILES string of the molecule is CC(=O)Nc1ccc(Nc2ccc(C(=O)Nc3cc(C)cc(C)c3)nc2)cc1. The number of carbonyl (C=O) groups excluding carboxylic acids is 2. The lowest BCUT2D eigenvalue weighted by Gasteiger charge is -2.09. The van der Waals surface area contributed by atoms with Crippen LogP contribution in [0.4, 0.5) is 22.7 Å². The van der Waals surface area contributed by atoms with Gasteiger partial charge in [-0.3, -0.25) is 9.59 Å². The molecule has 3 rings (SSSR count). The van der Waals surface area contributed by atoms with Crippen molar-refractivity contribution >= 4 is 34.6 Å². The first-order valence-corrected chi connectivity index (χ1v) is 8.89. The predicted molar refractivity (Wildman–Crippen MR) is 112 cm³/mol. The van der Waals surface area contributed by atoms with E-state index in [1.807, 2.05) is 50.2 Å². The third-order valence-corrected chi connectivity index (χ3v) is 3.97. The molecule has 0 aliphatic rings. The molecular weight excluding hydrogens is 352 g/mol. The van der Waals surface area contributed by atoms with Crippen molar-refractivity contribution < 1.29 is 9.59 Å². The zero-order chi connectivity index (χ0) is 20.1. The lowest BCUT2D eigenvalue weighted by atomic mass is 10.1. The molecule has 142 valence electrons. The van der Waals surface area contributed by atoms with Crippen LogP contribution in [0, 0.1) is 13.8 Å². The largest absolute Gasteiger partial charge is 0.354 e. The molecule has 0 atom stereocenters. The van der Waals surface area contributed by atoms with Crippen LogP contribution >= 0.6 is 0 Å². The van der Waals surface area contributed by atoms with Crippen LogP contribution in [0.5, 0.6) is 0 Å². The van der Waals surface area contributed by atoms with Crippen molar-refractivity contribution in [1.82, 2.24) is 4.98 Å². The number of benzene rings is 2. The quantitative estimate of drug-likeness (QED) is 0.607. The summed E-state index contributed by atoms with van der Waals surface area (Å²) in [6, 6.07) is 16.7. The van der Waals surface area contributed by atoms with Crippen LogP contribution in [0.15, 0.2) is 60.8 Å². The molecule has 3 aromatic rings. The molecule has 0 radical (unpaired) electrons. The van der Waals surface area contributed by atoms with E-state index in [4.69, 9.17) is 0 Å². The van der Waals surface area contributed by atoms with Crippen molar-refractivity contribution in [1.29, 1.82) is 0 Å². The molecule has 3 N–H and O–H groups in total. The zero-order valence-corrected chi connectivity index (χ0v) is 16.0. The first-order valence-electron chi connectivity index (χ1n) is 8.89. The Balaban J connectivity index is 1.64. The maximum atomic E-state index is 12.4. The van der Waals surface area contributed by atoms with Gasteiger partial charge in [0.25, 0.3) is 5.91 Å². The van der Waals surface area contributed by atoms with Crippen LogP contribution < -0.4 is 16.0 Å². The summed E-state index contributed by atoms with van der Waals surface area (Å²) in [6.07, 6.45) is 1.61. The Labute approximate surface area is 164 Å². The number of nitrogens with zero attached hydrogens (tertiary/aromatic N) is 1. The van der Waals surface area contributed by atoms with E-state index in [1.165, 1.54) is 6.92 Å². The molecule has 28 heavy (non-hydrogen) atoms. The number of hydrogen-bond acceptors (Lipinski definition) is 4. The van der Waals surface area contributed by atoms with E-state index in [-0.39, 0.29) is 11.8 Å². The van der Waals surface area contributed by atoms with Gasteiger partial charge in [0.1, 0.15) is 5.69 Å². The molecule has 0 saturated carbocycles. The van der Waals surface area contributed by atoms with E-state index in [9.17, 15) is 9.59 Å². The molecule has 0 unspecified atom stereocenters. The molecule has 0 aliphatic carbocycles. The number of hydrogen-bond donors (Lipinski definition) is 3. The van der Waals surface area contributed by atoms with Gasteiger partial charge < -0.3 is 16.0 Å². The molecule has 2 aromatic carbocycles. The van der Waals surface area contributed by atoms with Gasteiger partial charge in [0.2, 0.25) is 5.91 Å². The number of nitrogens with one attached hydrogen (secondary N) is 3.